The van der Waals surface area contributed by atoms with E-state index < -0.39 is 11.4 Å². The number of carboxylic acids is 1. The molecule has 0 unspecified atom stereocenters. The lowest BCUT2D eigenvalue weighted by molar-refractivity contribution is -0.137. The fourth-order valence-electron chi connectivity index (χ4n) is 2.65. The molecule has 0 heterocycles. The summed E-state index contributed by atoms with van der Waals surface area (Å²) in [7, 11) is 3.12. The molecule has 2 aromatic rings. The van der Waals surface area contributed by atoms with Crippen molar-refractivity contribution in [3.63, 3.8) is 0 Å². The highest BCUT2D eigenvalue weighted by atomic mass is 16.5. The monoisotopic (exact) mass is 371 g/mol. The van der Waals surface area contributed by atoms with E-state index >= 15 is 0 Å². The molecule has 0 aromatic heterocycles. The average molecular weight is 371 g/mol. The number of aryl methyl sites for hydroxylation is 1. The van der Waals surface area contributed by atoms with Crippen molar-refractivity contribution in [3.05, 3.63) is 53.6 Å². The standard InChI is InChI=1S/C21H25NO5/c1-21(2,15-8-11-17(26-3)18(13-15)27-4)20(25)22-16-9-5-14(6-10-16)7-12-19(23)24/h5-6,8-11,13H,7,12H2,1-4H3,(H,22,25)(H,23,24). The minimum absolute atomic E-state index is 0.0814. The number of rotatable bonds is 8. The molecule has 6 nitrogen and oxygen atoms in total. The van der Waals surface area contributed by atoms with Gasteiger partial charge in [0.1, 0.15) is 0 Å². The Hall–Kier alpha value is -3.02. The lowest BCUT2D eigenvalue weighted by Gasteiger charge is -2.25. The van der Waals surface area contributed by atoms with Gasteiger partial charge in [0.05, 0.1) is 19.6 Å². The smallest absolute Gasteiger partial charge is 0.303 e. The van der Waals surface area contributed by atoms with Crippen molar-refractivity contribution >= 4 is 17.6 Å². The molecule has 0 aliphatic rings. The second-order valence-corrected chi connectivity index (χ2v) is 6.74. The van der Waals surface area contributed by atoms with E-state index in [1.54, 1.807) is 38.5 Å². The van der Waals surface area contributed by atoms with E-state index in [0.717, 1.165) is 11.1 Å². The minimum atomic E-state index is -0.830. The molecule has 0 saturated carbocycles. The Kier molecular flexibility index (Phi) is 6.45. The summed E-state index contributed by atoms with van der Waals surface area (Å²) in [5, 5.41) is 11.7. The largest absolute Gasteiger partial charge is 0.493 e. The molecular formula is C21H25NO5. The second-order valence-electron chi connectivity index (χ2n) is 6.74. The Labute approximate surface area is 159 Å². The quantitative estimate of drug-likeness (QED) is 0.740. The van der Waals surface area contributed by atoms with Crippen molar-refractivity contribution in [3.8, 4) is 11.5 Å². The first-order chi connectivity index (χ1) is 12.8. The van der Waals surface area contributed by atoms with Crippen LogP contribution in [0.25, 0.3) is 0 Å². The number of amides is 1. The molecule has 2 N–H and O–H groups in total. The maximum atomic E-state index is 12.8. The number of carbonyl (C=O) groups excluding carboxylic acids is 1. The Morgan fingerprint density at radius 1 is 1.00 bits per heavy atom. The molecule has 0 fully saturated rings. The van der Waals surface area contributed by atoms with E-state index in [1.807, 2.05) is 32.0 Å². The Morgan fingerprint density at radius 2 is 1.63 bits per heavy atom. The van der Waals surface area contributed by atoms with Crippen molar-refractivity contribution in [2.75, 3.05) is 19.5 Å². The van der Waals surface area contributed by atoms with Crippen molar-refractivity contribution in [1.29, 1.82) is 0 Å². The lowest BCUT2D eigenvalue weighted by atomic mass is 9.83. The Bertz CT molecular complexity index is 812. The summed E-state index contributed by atoms with van der Waals surface area (Å²) in [6, 6.07) is 12.6. The normalized spacial score (nSPS) is 11.0. The second kappa shape index (κ2) is 8.58. The molecule has 0 bridgehead atoms. The number of ether oxygens (including phenoxy) is 2. The molecule has 0 radical (unpaired) electrons. The summed E-state index contributed by atoms with van der Waals surface area (Å²) in [5.41, 5.74) is 1.58. The van der Waals surface area contributed by atoms with E-state index in [0.29, 0.717) is 23.6 Å². The fraction of sp³-hybridized carbons (Fsp3) is 0.333. The van der Waals surface area contributed by atoms with Gasteiger partial charge >= 0.3 is 5.97 Å². The fourth-order valence-corrected chi connectivity index (χ4v) is 2.65. The van der Waals surface area contributed by atoms with Crippen molar-refractivity contribution in [2.45, 2.75) is 32.1 Å². The number of carboxylic acid groups (broad SMARTS) is 1. The van der Waals surface area contributed by atoms with E-state index in [1.165, 1.54) is 0 Å². The summed E-state index contributed by atoms with van der Waals surface area (Å²) >= 11 is 0. The number of carbonyl (C=O) groups is 2. The molecule has 0 aliphatic carbocycles. The van der Waals surface area contributed by atoms with Gasteiger partial charge in [-0.15, -0.1) is 0 Å². The number of anilines is 1. The van der Waals surface area contributed by atoms with Gasteiger partial charge in [0.15, 0.2) is 11.5 Å². The van der Waals surface area contributed by atoms with Gasteiger partial charge < -0.3 is 19.9 Å². The summed E-state index contributed by atoms with van der Waals surface area (Å²) in [6.45, 7) is 3.68. The molecule has 0 spiro atoms. The van der Waals surface area contributed by atoms with Crippen LogP contribution >= 0.6 is 0 Å². The van der Waals surface area contributed by atoms with Crippen molar-refractivity contribution in [1.82, 2.24) is 0 Å². The maximum Gasteiger partial charge on any atom is 0.303 e. The first-order valence-corrected chi connectivity index (χ1v) is 8.62. The van der Waals surface area contributed by atoms with Crippen molar-refractivity contribution in [2.24, 2.45) is 0 Å². The van der Waals surface area contributed by atoms with Crippen LogP contribution in [0.5, 0.6) is 11.5 Å². The van der Waals surface area contributed by atoms with Crippen molar-refractivity contribution < 1.29 is 24.2 Å². The minimum Gasteiger partial charge on any atom is -0.493 e. The number of benzene rings is 2. The molecule has 0 saturated heterocycles. The lowest BCUT2D eigenvalue weighted by Crippen LogP contribution is -2.34. The first kappa shape index (κ1) is 20.3. The highest BCUT2D eigenvalue weighted by Crippen LogP contribution is 2.33. The highest BCUT2D eigenvalue weighted by Gasteiger charge is 2.30. The van der Waals surface area contributed by atoms with Crippen LogP contribution in [0.1, 0.15) is 31.4 Å². The molecule has 1 amide bonds. The van der Waals surface area contributed by atoms with Gasteiger partial charge in [-0.2, -0.15) is 0 Å². The summed E-state index contributed by atoms with van der Waals surface area (Å²) in [6.07, 6.45) is 0.540. The van der Waals surface area contributed by atoms with Crippen LogP contribution in [0.15, 0.2) is 42.5 Å². The molecule has 2 rings (SSSR count). The Morgan fingerprint density at radius 3 is 2.19 bits per heavy atom. The number of hydrogen-bond acceptors (Lipinski definition) is 4. The average Bonchev–Trinajstić information content (AvgIpc) is 2.66. The van der Waals surface area contributed by atoms with E-state index in [-0.39, 0.29) is 12.3 Å². The summed E-state index contributed by atoms with van der Waals surface area (Å²) < 4.78 is 10.6. The number of hydrogen-bond donors (Lipinski definition) is 2. The zero-order valence-electron chi connectivity index (χ0n) is 16.0. The molecule has 0 aliphatic heterocycles. The third-order valence-corrected chi connectivity index (χ3v) is 4.51. The number of methoxy groups -OCH3 is 2. The third-order valence-electron chi connectivity index (χ3n) is 4.51. The summed E-state index contributed by atoms with van der Waals surface area (Å²) in [4.78, 5) is 23.5. The number of nitrogens with one attached hydrogen (secondary N) is 1. The molecule has 27 heavy (non-hydrogen) atoms. The van der Waals surface area contributed by atoms with E-state index in [2.05, 4.69) is 5.32 Å². The molecule has 2 aromatic carbocycles. The van der Waals surface area contributed by atoms with Gasteiger partial charge in [0.2, 0.25) is 5.91 Å². The summed E-state index contributed by atoms with van der Waals surface area (Å²) in [5.74, 6) is 0.185. The van der Waals surface area contributed by atoms with Gasteiger partial charge in [-0.1, -0.05) is 18.2 Å². The zero-order chi connectivity index (χ0) is 20.0. The topological polar surface area (TPSA) is 84.9 Å². The van der Waals surface area contributed by atoms with E-state index in [9.17, 15) is 9.59 Å². The van der Waals surface area contributed by atoms with Gasteiger partial charge in [-0.25, -0.2) is 0 Å². The van der Waals surface area contributed by atoms with Crippen LogP contribution in [-0.4, -0.2) is 31.2 Å². The highest BCUT2D eigenvalue weighted by molar-refractivity contribution is 5.98. The SMILES string of the molecule is COc1ccc(C(C)(C)C(=O)Nc2ccc(CCC(=O)O)cc2)cc1OC. The molecule has 144 valence electrons. The van der Waals surface area contributed by atoms with E-state index in [4.69, 9.17) is 14.6 Å². The van der Waals surface area contributed by atoms with Crippen LogP contribution in [0.2, 0.25) is 0 Å². The Balaban J connectivity index is 2.13. The molecule has 6 heteroatoms. The maximum absolute atomic E-state index is 12.8. The van der Waals surface area contributed by atoms with Gasteiger partial charge in [-0.05, 0) is 55.7 Å². The number of aliphatic carboxylic acids is 1. The first-order valence-electron chi connectivity index (χ1n) is 8.62. The molecule has 0 atom stereocenters. The van der Waals surface area contributed by atoms with Crippen LogP contribution in [0.3, 0.4) is 0 Å². The molecular weight excluding hydrogens is 346 g/mol. The predicted octanol–water partition coefficient (Wildman–Crippen LogP) is 3.64. The van der Waals surface area contributed by atoms with Crippen LogP contribution < -0.4 is 14.8 Å². The van der Waals surface area contributed by atoms with Crippen LogP contribution in [0, 0.1) is 0 Å². The third kappa shape index (κ3) is 5.00. The van der Waals surface area contributed by atoms with Crippen LogP contribution in [0.4, 0.5) is 5.69 Å². The van der Waals surface area contributed by atoms with Crippen LogP contribution in [-0.2, 0) is 21.4 Å². The van der Waals surface area contributed by atoms with Gasteiger partial charge in [0, 0.05) is 12.1 Å². The van der Waals surface area contributed by atoms with Gasteiger partial charge in [0.25, 0.3) is 0 Å². The zero-order valence-corrected chi connectivity index (χ0v) is 16.0. The predicted molar refractivity (Wildman–Crippen MR) is 104 cm³/mol. The van der Waals surface area contributed by atoms with Gasteiger partial charge in [-0.3, -0.25) is 9.59 Å².